The second-order valence-corrected chi connectivity index (χ2v) is 2.97. The summed E-state index contributed by atoms with van der Waals surface area (Å²) in [5, 5.41) is 0. The number of aryl methyl sites for hydroxylation is 1. The van der Waals surface area contributed by atoms with Gasteiger partial charge in [0.1, 0.15) is 0 Å². The number of pyridine rings is 1. The Hall–Kier alpha value is -0.960. The van der Waals surface area contributed by atoms with Crippen LogP contribution in [-0.4, -0.2) is 11.0 Å². The molecule has 0 saturated heterocycles. The number of nitrogens with zero attached hydrogens (tertiary/aromatic N) is 1. The minimum absolute atomic E-state index is 0.115. The minimum atomic E-state index is -0.377. The predicted octanol–water partition coefficient (Wildman–Crippen LogP) is 1.50. The summed E-state index contributed by atoms with van der Waals surface area (Å²) in [5.74, 6) is -0.377. The highest BCUT2D eigenvalue weighted by Crippen LogP contribution is 2.06. The molecule has 12 heavy (non-hydrogen) atoms. The number of halogens is 1. The summed E-state index contributed by atoms with van der Waals surface area (Å²) in [6.45, 7) is 1.91. The average molecular weight is 168 g/mol. The van der Waals surface area contributed by atoms with Gasteiger partial charge >= 0.3 is 0 Å². The van der Waals surface area contributed by atoms with E-state index in [0.29, 0.717) is 12.0 Å². The van der Waals surface area contributed by atoms with Crippen molar-refractivity contribution >= 4 is 0 Å². The number of hydrogen-bond donors (Lipinski definition) is 1. The van der Waals surface area contributed by atoms with E-state index in [-0.39, 0.29) is 12.0 Å². The SMILES string of the molecule is C[C@H](N)CCc1cccnc1F. The third-order valence-electron chi connectivity index (χ3n) is 1.71. The molecule has 0 aliphatic rings. The van der Waals surface area contributed by atoms with Gasteiger partial charge < -0.3 is 5.73 Å². The summed E-state index contributed by atoms with van der Waals surface area (Å²) in [4.78, 5) is 3.55. The molecular formula is C9H13FN2. The number of aromatic nitrogens is 1. The third kappa shape index (κ3) is 2.58. The fourth-order valence-electron chi connectivity index (χ4n) is 0.989. The summed E-state index contributed by atoms with van der Waals surface area (Å²) in [6.07, 6.45) is 2.91. The third-order valence-corrected chi connectivity index (χ3v) is 1.71. The van der Waals surface area contributed by atoms with Crippen LogP contribution in [0.1, 0.15) is 18.9 Å². The molecule has 66 valence electrons. The van der Waals surface area contributed by atoms with Crippen LogP contribution in [0.3, 0.4) is 0 Å². The zero-order chi connectivity index (χ0) is 8.97. The van der Waals surface area contributed by atoms with E-state index in [0.717, 1.165) is 6.42 Å². The van der Waals surface area contributed by atoms with Crippen molar-refractivity contribution in [2.24, 2.45) is 5.73 Å². The molecule has 0 radical (unpaired) electrons. The standard InChI is InChI=1S/C9H13FN2/c1-7(11)4-5-8-3-2-6-12-9(8)10/h2-3,6-7H,4-5,11H2,1H3/t7-/m0/s1. The maximum atomic E-state index is 12.9. The van der Waals surface area contributed by atoms with E-state index in [1.165, 1.54) is 6.20 Å². The van der Waals surface area contributed by atoms with Crippen LogP contribution in [0, 0.1) is 5.95 Å². The molecule has 0 unspecified atom stereocenters. The van der Waals surface area contributed by atoms with Gasteiger partial charge in [-0.25, -0.2) is 4.98 Å². The highest BCUT2D eigenvalue weighted by molar-refractivity contribution is 5.10. The lowest BCUT2D eigenvalue weighted by Gasteiger charge is -2.04. The van der Waals surface area contributed by atoms with E-state index in [1.54, 1.807) is 12.1 Å². The van der Waals surface area contributed by atoms with E-state index in [4.69, 9.17) is 5.73 Å². The second kappa shape index (κ2) is 4.16. The highest BCUT2D eigenvalue weighted by atomic mass is 19.1. The lowest BCUT2D eigenvalue weighted by atomic mass is 10.1. The molecule has 0 aliphatic heterocycles. The largest absolute Gasteiger partial charge is 0.328 e. The van der Waals surface area contributed by atoms with E-state index < -0.39 is 0 Å². The predicted molar refractivity (Wildman–Crippen MR) is 46.2 cm³/mol. The molecule has 3 heteroatoms. The summed E-state index contributed by atoms with van der Waals surface area (Å²) in [5.41, 5.74) is 6.20. The Morgan fingerprint density at radius 3 is 3.00 bits per heavy atom. The summed E-state index contributed by atoms with van der Waals surface area (Å²) < 4.78 is 12.9. The van der Waals surface area contributed by atoms with Gasteiger partial charge in [0, 0.05) is 17.8 Å². The first kappa shape index (κ1) is 9.13. The van der Waals surface area contributed by atoms with Crippen molar-refractivity contribution in [3.63, 3.8) is 0 Å². The normalized spacial score (nSPS) is 12.9. The molecule has 0 spiro atoms. The van der Waals surface area contributed by atoms with Crippen LogP contribution >= 0.6 is 0 Å². The van der Waals surface area contributed by atoms with Crippen molar-refractivity contribution in [1.29, 1.82) is 0 Å². The first-order valence-electron chi connectivity index (χ1n) is 4.05. The summed E-state index contributed by atoms with van der Waals surface area (Å²) >= 11 is 0. The van der Waals surface area contributed by atoms with Gasteiger partial charge in [-0.15, -0.1) is 0 Å². The minimum Gasteiger partial charge on any atom is -0.328 e. The molecule has 0 aromatic carbocycles. The Balaban J connectivity index is 2.57. The van der Waals surface area contributed by atoms with Crippen LogP contribution in [0.4, 0.5) is 4.39 Å². The van der Waals surface area contributed by atoms with Gasteiger partial charge in [-0.2, -0.15) is 4.39 Å². The van der Waals surface area contributed by atoms with Crippen LogP contribution < -0.4 is 5.73 Å². The van der Waals surface area contributed by atoms with E-state index in [2.05, 4.69) is 4.98 Å². The fraction of sp³-hybridized carbons (Fsp3) is 0.444. The van der Waals surface area contributed by atoms with E-state index >= 15 is 0 Å². The monoisotopic (exact) mass is 168 g/mol. The maximum Gasteiger partial charge on any atom is 0.216 e. The molecule has 2 nitrogen and oxygen atoms in total. The summed E-state index contributed by atoms with van der Waals surface area (Å²) in [7, 11) is 0. The van der Waals surface area contributed by atoms with Gasteiger partial charge in [0.25, 0.3) is 0 Å². The number of hydrogen-bond acceptors (Lipinski definition) is 2. The van der Waals surface area contributed by atoms with Crippen LogP contribution in [0.15, 0.2) is 18.3 Å². The Morgan fingerprint density at radius 1 is 1.67 bits per heavy atom. The Kier molecular flexibility index (Phi) is 3.17. The highest BCUT2D eigenvalue weighted by Gasteiger charge is 2.02. The van der Waals surface area contributed by atoms with Crippen LogP contribution in [0.25, 0.3) is 0 Å². The van der Waals surface area contributed by atoms with Crippen molar-refractivity contribution in [2.45, 2.75) is 25.8 Å². The topological polar surface area (TPSA) is 38.9 Å². The van der Waals surface area contributed by atoms with Gasteiger partial charge in [-0.3, -0.25) is 0 Å². The molecule has 1 rings (SSSR count). The molecule has 0 amide bonds. The Bertz CT molecular complexity index is 248. The first-order chi connectivity index (χ1) is 5.70. The van der Waals surface area contributed by atoms with Crippen molar-refractivity contribution in [1.82, 2.24) is 4.98 Å². The van der Waals surface area contributed by atoms with Crippen LogP contribution in [0.2, 0.25) is 0 Å². The molecule has 0 fully saturated rings. The molecule has 0 saturated carbocycles. The van der Waals surface area contributed by atoms with E-state index in [9.17, 15) is 4.39 Å². The van der Waals surface area contributed by atoms with Crippen molar-refractivity contribution in [3.05, 3.63) is 29.8 Å². The van der Waals surface area contributed by atoms with Gasteiger partial charge in [0.2, 0.25) is 5.95 Å². The zero-order valence-corrected chi connectivity index (χ0v) is 7.13. The average Bonchev–Trinajstić information content (AvgIpc) is 2.03. The van der Waals surface area contributed by atoms with Gasteiger partial charge in [0.15, 0.2) is 0 Å². The molecule has 1 heterocycles. The van der Waals surface area contributed by atoms with Gasteiger partial charge in [0.05, 0.1) is 0 Å². The molecule has 1 aromatic heterocycles. The molecular weight excluding hydrogens is 155 g/mol. The lowest BCUT2D eigenvalue weighted by molar-refractivity contribution is 0.554. The van der Waals surface area contributed by atoms with Crippen molar-refractivity contribution in [3.8, 4) is 0 Å². The van der Waals surface area contributed by atoms with Crippen LogP contribution in [-0.2, 0) is 6.42 Å². The quantitative estimate of drug-likeness (QED) is 0.695. The fourth-order valence-corrected chi connectivity index (χ4v) is 0.989. The number of rotatable bonds is 3. The molecule has 1 aromatic rings. The smallest absolute Gasteiger partial charge is 0.216 e. The zero-order valence-electron chi connectivity index (χ0n) is 7.13. The lowest BCUT2D eigenvalue weighted by Crippen LogP contribution is -2.15. The first-order valence-corrected chi connectivity index (χ1v) is 4.05. The van der Waals surface area contributed by atoms with Crippen molar-refractivity contribution < 1.29 is 4.39 Å². The maximum absolute atomic E-state index is 12.9. The summed E-state index contributed by atoms with van der Waals surface area (Å²) in [6, 6.07) is 3.59. The number of nitrogens with two attached hydrogens (primary N) is 1. The Morgan fingerprint density at radius 2 is 2.42 bits per heavy atom. The molecule has 2 N–H and O–H groups in total. The van der Waals surface area contributed by atoms with Gasteiger partial charge in [-0.1, -0.05) is 6.07 Å². The van der Waals surface area contributed by atoms with E-state index in [1.807, 2.05) is 6.92 Å². The van der Waals surface area contributed by atoms with Crippen LogP contribution in [0.5, 0.6) is 0 Å². The Labute approximate surface area is 71.6 Å². The molecule has 1 atom stereocenters. The molecule has 0 bridgehead atoms. The van der Waals surface area contributed by atoms with Gasteiger partial charge in [-0.05, 0) is 25.8 Å². The van der Waals surface area contributed by atoms with Crippen molar-refractivity contribution in [2.75, 3.05) is 0 Å². The molecule has 0 aliphatic carbocycles. The second-order valence-electron chi connectivity index (χ2n) is 2.97.